The van der Waals surface area contributed by atoms with Crippen LogP contribution in [-0.4, -0.2) is 48.2 Å². The molecule has 0 aromatic heterocycles. The van der Waals surface area contributed by atoms with Crippen LogP contribution in [0.1, 0.15) is 46.5 Å². The quantitative estimate of drug-likeness (QED) is 0.755. The van der Waals surface area contributed by atoms with Crippen LogP contribution in [0, 0.1) is 5.41 Å². The molecule has 1 aliphatic heterocycles. The zero-order valence-corrected chi connectivity index (χ0v) is 12.0. The van der Waals surface area contributed by atoms with Crippen molar-refractivity contribution in [3.8, 4) is 0 Å². The van der Waals surface area contributed by atoms with Gasteiger partial charge in [0.15, 0.2) is 0 Å². The Morgan fingerprint density at radius 2 is 2.22 bits per heavy atom. The minimum Gasteiger partial charge on any atom is -0.396 e. The third kappa shape index (κ3) is 3.45. The van der Waals surface area contributed by atoms with Crippen molar-refractivity contribution in [1.82, 2.24) is 10.2 Å². The number of nitrogens with zero attached hydrogens (tertiary/aromatic N) is 1. The Morgan fingerprint density at radius 1 is 1.50 bits per heavy atom. The van der Waals surface area contributed by atoms with E-state index in [0.717, 1.165) is 32.4 Å². The van der Waals surface area contributed by atoms with Gasteiger partial charge in [-0.3, -0.25) is 4.79 Å². The van der Waals surface area contributed by atoms with Gasteiger partial charge in [-0.05, 0) is 46.1 Å². The van der Waals surface area contributed by atoms with E-state index in [1.807, 2.05) is 4.90 Å². The molecular weight excluding hydrogens is 228 g/mol. The minimum atomic E-state index is -0.224. The van der Waals surface area contributed by atoms with Crippen molar-refractivity contribution >= 4 is 5.91 Å². The van der Waals surface area contributed by atoms with Crippen LogP contribution in [0.4, 0.5) is 0 Å². The lowest BCUT2D eigenvalue weighted by atomic mass is 9.76. The van der Waals surface area contributed by atoms with Gasteiger partial charge in [0.25, 0.3) is 0 Å². The first-order chi connectivity index (χ1) is 8.57. The van der Waals surface area contributed by atoms with E-state index in [1.54, 1.807) is 0 Å². The SMILES string of the molecule is CCC1(C(=O)N(CCCO)C(C)C)CCCNC1. The topological polar surface area (TPSA) is 52.6 Å². The first kappa shape index (κ1) is 15.4. The zero-order chi connectivity index (χ0) is 13.6. The first-order valence-corrected chi connectivity index (χ1v) is 7.20. The lowest BCUT2D eigenvalue weighted by molar-refractivity contribution is -0.145. The van der Waals surface area contributed by atoms with Crippen LogP contribution >= 0.6 is 0 Å². The second kappa shape index (κ2) is 7.10. The summed E-state index contributed by atoms with van der Waals surface area (Å²) in [5.41, 5.74) is -0.224. The van der Waals surface area contributed by atoms with Crippen LogP contribution in [0.2, 0.25) is 0 Å². The van der Waals surface area contributed by atoms with Crippen LogP contribution in [0.3, 0.4) is 0 Å². The Labute approximate surface area is 111 Å². The van der Waals surface area contributed by atoms with E-state index in [0.29, 0.717) is 13.0 Å². The number of hydrogen-bond donors (Lipinski definition) is 2. The van der Waals surface area contributed by atoms with Crippen molar-refractivity contribution < 1.29 is 9.90 Å². The Hall–Kier alpha value is -0.610. The van der Waals surface area contributed by atoms with Crippen molar-refractivity contribution in [2.24, 2.45) is 5.41 Å². The molecule has 2 N–H and O–H groups in total. The van der Waals surface area contributed by atoms with Gasteiger partial charge in [-0.25, -0.2) is 0 Å². The van der Waals surface area contributed by atoms with E-state index in [4.69, 9.17) is 5.11 Å². The second-order valence-electron chi connectivity index (χ2n) is 5.58. The maximum absolute atomic E-state index is 12.8. The highest BCUT2D eigenvalue weighted by Gasteiger charge is 2.40. The standard InChI is InChI=1S/C14H28N2O2/c1-4-14(7-5-8-15-11-14)13(18)16(12(2)3)9-6-10-17/h12,15,17H,4-11H2,1-3H3. The number of rotatable bonds is 6. The molecule has 4 heteroatoms. The normalized spacial score (nSPS) is 24.3. The number of amides is 1. The van der Waals surface area contributed by atoms with E-state index < -0.39 is 0 Å². The van der Waals surface area contributed by atoms with Crippen molar-refractivity contribution in [1.29, 1.82) is 0 Å². The van der Waals surface area contributed by atoms with E-state index in [9.17, 15) is 4.79 Å². The molecule has 1 atom stereocenters. The molecule has 0 spiro atoms. The molecule has 1 unspecified atom stereocenters. The van der Waals surface area contributed by atoms with Gasteiger partial charge in [0.1, 0.15) is 0 Å². The number of nitrogens with one attached hydrogen (secondary N) is 1. The molecule has 0 bridgehead atoms. The Morgan fingerprint density at radius 3 is 2.67 bits per heavy atom. The minimum absolute atomic E-state index is 0.147. The molecule has 106 valence electrons. The molecule has 4 nitrogen and oxygen atoms in total. The number of hydrogen-bond acceptors (Lipinski definition) is 3. The highest BCUT2D eigenvalue weighted by atomic mass is 16.3. The maximum atomic E-state index is 12.8. The molecule has 1 amide bonds. The Kier molecular flexibility index (Phi) is 6.09. The van der Waals surface area contributed by atoms with Crippen molar-refractivity contribution in [3.05, 3.63) is 0 Å². The maximum Gasteiger partial charge on any atom is 0.230 e. The number of carbonyl (C=O) groups excluding carboxylic acids is 1. The van der Waals surface area contributed by atoms with Crippen LogP contribution in [0.25, 0.3) is 0 Å². The Bertz CT molecular complexity index is 261. The number of carbonyl (C=O) groups is 1. The van der Waals surface area contributed by atoms with Gasteiger partial charge in [-0.2, -0.15) is 0 Å². The summed E-state index contributed by atoms with van der Waals surface area (Å²) in [6.07, 6.45) is 3.61. The predicted molar refractivity (Wildman–Crippen MR) is 73.4 cm³/mol. The first-order valence-electron chi connectivity index (χ1n) is 7.20. The van der Waals surface area contributed by atoms with Crippen LogP contribution in [0.5, 0.6) is 0 Å². The second-order valence-corrected chi connectivity index (χ2v) is 5.58. The summed E-state index contributed by atoms with van der Waals surface area (Å²) in [6, 6.07) is 0.203. The van der Waals surface area contributed by atoms with Gasteiger partial charge in [-0.1, -0.05) is 6.92 Å². The molecule has 0 aliphatic carbocycles. The van der Waals surface area contributed by atoms with Crippen molar-refractivity contribution in [2.45, 2.75) is 52.5 Å². The van der Waals surface area contributed by atoms with E-state index in [1.165, 1.54) is 0 Å². The smallest absolute Gasteiger partial charge is 0.230 e. The fourth-order valence-corrected chi connectivity index (χ4v) is 2.74. The van der Waals surface area contributed by atoms with Crippen LogP contribution in [-0.2, 0) is 4.79 Å². The van der Waals surface area contributed by atoms with Gasteiger partial charge >= 0.3 is 0 Å². The molecule has 0 aromatic carbocycles. The fraction of sp³-hybridized carbons (Fsp3) is 0.929. The highest BCUT2D eigenvalue weighted by molar-refractivity contribution is 5.83. The molecule has 0 radical (unpaired) electrons. The molecule has 1 saturated heterocycles. The van der Waals surface area contributed by atoms with Gasteiger partial charge in [0.2, 0.25) is 5.91 Å². The summed E-state index contributed by atoms with van der Waals surface area (Å²) >= 11 is 0. The van der Waals surface area contributed by atoms with Crippen LogP contribution in [0.15, 0.2) is 0 Å². The third-order valence-electron chi connectivity index (χ3n) is 4.04. The lowest BCUT2D eigenvalue weighted by Gasteiger charge is -2.41. The third-order valence-corrected chi connectivity index (χ3v) is 4.04. The largest absolute Gasteiger partial charge is 0.396 e. The summed E-state index contributed by atoms with van der Waals surface area (Å²) in [5.74, 6) is 0.264. The monoisotopic (exact) mass is 256 g/mol. The van der Waals surface area contributed by atoms with Crippen molar-refractivity contribution in [3.63, 3.8) is 0 Å². The highest BCUT2D eigenvalue weighted by Crippen LogP contribution is 2.33. The van der Waals surface area contributed by atoms with E-state index in [2.05, 4.69) is 26.1 Å². The predicted octanol–water partition coefficient (Wildman–Crippen LogP) is 1.39. The average molecular weight is 256 g/mol. The number of aliphatic hydroxyl groups is 1. The average Bonchev–Trinajstić information content (AvgIpc) is 2.39. The molecule has 0 saturated carbocycles. The molecular formula is C14H28N2O2. The summed E-state index contributed by atoms with van der Waals surface area (Å²) < 4.78 is 0. The lowest BCUT2D eigenvalue weighted by Crippen LogP contribution is -2.53. The number of piperidine rings is 1. The van der Waals surface area contributed by atoms with E-state index in [-0.39, 0.29) is 24.0 Å². The molecule has 1 heterocycles. The molecule has 18 heavy (non-hydrogen) atoms. The van der Waals surface area contributed by atoms with Gasteiger partial charge in [0.05, 0.1) is 5.41 Å². The fourth-order valence-electron chi connectivity index (χ4n) is 2.74. The number of aliphatic hydroxyl groups excluding tert-OH is 1. The van der Waals surface area contributed by atoms with E-state index >= 15 is 0 Å². The van der Waals surface area contributed by atoms with Crippen molar-refractivity contribution in [2.75, 3.05) is 26.2 Å². The summed E-state index contributed by atoms with van der Waals surface area (Å²) in [6.45, 7) is 8.83. The molecule has 1 aliphatic rings. The summed E-state index contributed by atoms with van der Waals surface area (Å²) in [4.78, 5) is 14.7. The molecule has 0 aromatic rings. The zero-order valence-electron chi connectivity index (χ0n) is 12.0. The Balaban J connectivity index is 2.78. The summed E-state index contributed by atoms with van der Waals surface area (Å²) in [7, 11) is 0. The van der Waals surface area contributed by atoms with Gasteiger partial charge in [0, 0.05) is 25.7 Å². The van der Waals surface area contributed by atoms with Crippen LogP contribution < -0.4 is 5.32 Å². The van der Waals surface area contributed by atoms with Gasteiger partial charge in [-0.15, -0.1) is 0 Å². The molecule has 1 rings (SSSR count). The van der Waals surface area contributed by atoms with Gasteiger partial charge < -0.3 is 15.3 Å². The summed E-state index contributed by atoms with van der Waals surface area (Å²) in [5, 5.41) is 12.3. The molecule has 1 fully saturated rings.